The number of ether oxygens (including phenoxy) is 2. The highest BCUT2D eigenvalue weighted by Gasteiger charge is 2.26. The standard InChI is InChI=1S/C18H22O2/c1-4-18(12-10-17(11-13-18)19-5-2)20-14-16-8-6-15(3)7-9-16/h4,6-12H,1,5,13-14H2,2-3H3. The second-order valence-electron chi connectivity index (χ2n) is 5.01. The van der Waals surface area contributed by atoms with Crippen molar-refractivity contribution in [1.29, 1.82) is 0 Å². The third-order valence-corrected chi connectivity index (χ3v) is 3.44. The lowest BCUT2D eigenvalue weighted by Crippen LogP contribution is -2.28. The van der Waals surface area contributed by atoms with E-state index in [1.165, 1.54) is 11.1 Å². The summed E-state index contributed by atoms with van der Waals surface area (Å²) in [5.41, 5.74) is 2.00. The number of aryl methyl sites for hydroxylation is 1. The van der Waals surface area contributed by atoms with Crippen LogP contribution in [-0.2, 0) is 16.1 Å². The zero-order valence-corrected chi connectivity index (χ0v) is 12.3. The van der Waals surface area contributed by atoms with Crippen LogP contribution >= 0.6 is 0 Å². The van der Waals surface area contributed by atoms with Gasteiger partial charge in [0.2, 0.25) is 0 Å². The fourth-order valence-corrected chi connectivity index (χ4v) is 2.11. The molecule has 0 radical (unpaired) electrons. The molecule has 1 aromatic carbocycles. The van der Waals surface area contributed by atoms with Crippen molar-refractivity contribution in [3.63, 3.8) is 0 Å². The molecule has 1 aromatic rings. The fourth-order valence-electron chi connectivity index (χ4n) is 2.11. The van der Waals surface area contributed by atoms with Crippen molar-refractivity contribution < 1.29 is 9.47 Å². The van der Waals surface area contributed by atoms with Crippen LogP contribution < -0.4 is 0 Å². The van der Waals surface area contributed by atoms with Crippen LogP contribution in [-0.4, -0.2) is 12.2 Å². The lowest BCUT2D eigenvalue weighted by molar-refractivity contribution is 0.0149. The normalized spacial score (nSPS) is 21.4. The Morgan fingerprint density at radius 2 is 2.05 bits per heavy atom. The summed E-state index contributed by atoms with van der Waals surface area (Å²) in [6.07, 6.45) is 8.66. The molecular formula is C18H22O2. The zero-order valence-electron chi connectivity index (χ0n) is 12.3. The number of benzene rings is 1. The number of allylic oxidation sites excluding steroid dienone is 1. The smallest absolute Gasteiger partial charge is 0.115 e. The van der Waals surface area contributed by atoms with E-state index in [0.717, 1.165) is 12.2 Å². The quantitative estimate of drug-likeness (QED) is 0.717. The first kappa shape index (κ1) is 14.6. The van der Waals surface area contributed by atoms with E-state index in [2.05, 4.69) is 43.8 Å². The summed E-state index contributed by atoms with van der Waals surface area (Å²) >= 11 is 0. The van der Waals surface area contributed by atoms with E-state index in [1.54, 1.807) is 0 Å². The van der Waals surface area contributed by atoms with Crippen LogP contribution in [0.25, 0.3) is 0 Å². The molecule has 0 saturated carbocycles. The van der Waals surface area contributed by atoms with Gasteiger partial charge in [-0.25, -0.2) is 0 Å². The molecule has 2 heteroatoms. The van der Waals surface area contributed by atoms with Crippen molar-refractivity contribution in [1.82, 2.24) is 0 Å². The second kappa shape index (κ2) is 6.58. The molecule has 0 heterocycles. The first-order valence-corrected chi connectivity index (χ1v) is 7.03. The first-order chi connectivity index (χ1) is 9.67. The predicted octanol–water partition coefficient (Wildman–Crippen LogP) is 4.32. The molecule has 1 unspecified atom stereocenters. The van der Waals surface area contributed by atoms with E-state index in [-0.39, 0.29) is 0 Å². The molecule has 1 atom stereocenters. The predicted molar refractivity (Wildman–Crippen MR) is 82.4 cm³/mol. The van der Waals surface area contributed by atoms with Crippen molar-refractivity contribution >= 4 is 0 Å². The maximum Gasteiger partial charge on any atom is 0.115 e. The van der Waals surface area contributed by atoms with E-state index in [0.29, 0.717) is 13.2 Å². The van der Waals surface area contributed by atoms with Gasteiger partial charge < -0.3 is 9.47 Å². The molecule has 0 aromatic heterocycles. The minimum atomic E-state index is -0.425. The second-order valence-corrected chi connectivity index (χ2v) is 5.01. The average molecular weight is 270 g/mol. The van der Waals surface area contributed by atoms with E-state index in [1.807, 2.05) is 25.2 Å². The Balaban J connectivity index is 1.98. The third-order valence-electron chi connectivity index (χ3n) is 3.44. The minimum absolute atomic E-state index is 0.425. The van der Waals surface area contributed by atoms with Crippen molar-refractivity contribution in [2.45, 2.75) is 32.5 Å². The van der Waals surface area contributed by atoms with Crippen molar-refractivity contribution in [3.8, 4) is 0 Å². The molecule has 20 heavy (non-hydrogen) atoms. The molecule has 0 spiro atoms. The van der Waals surface area contributed by atoms with Gasteiger partial charge >= 0.3 is 0 Å². The maximum atomic E-state index is 6.07. The van der Waals surface area contributed by atoms with Crippen LogP contribution in [0.3, 0.4) is 0 Å². The molecule has 0 aliphatic heterocycles. The molecule has 0 bridgehead atoms. The van der Waals surface area contributed by atoms with Crippen LogP contribution in [0.5, 0.6) is 0 Å². The Hall–Kier alpha value is -1.80. The summed E-state index contributed by atoms with van der Waals surface area (Å²) in [6, 6.07) is 8.40. The molecule has 106 valence electrons. The topological polar surface area (TPSA) is 18.5 Å². The van der Waals surface area contributed by atoms with Gasteiger partial charge in [-0.15, -0.1) is 0 Å². The third kappa shape index (κ3) is 3.61. The van der Waals surface area contributed by atoms with Crippen LogP contribution in [0, 0.1) is 6.92 Å². The lowest BCUT2D eigenvalue weighted by atomic mass is 9.94. The highest BCUT2D eigenvalue weighted by atomic mass is 16.5. The molecule has 0 N–H and O–H groups in total. The van der Waals surface area contributed by atoms with Crippen LogP contribution in [0.15, 0.2) is 60.9 Å². The average Bonchev–Trinajstić information content (AvgIpc) is 2.49. The Bertz CT molecular complexity index is 511. The van der Waals surface area contributed by atoms with Crippen LogP contribution in [0.1, 0.15) is 24.5 Å². The molecular weight excluding hydrogens is 248 g/mol. The van der Waals surface area contributed by atoms with Gasteiger partial charge in [0.15, 0.2) is 0 Å². The summed E-state index contributed by atoms with van der Waals surface area (Å²) in [4.78, 5) is 0. The van der Waals surface area contributed by atoms with Gasteiger partial charge in [-0.3, -0.25) is 0 Å². The van der Waals surface area contributed by atoms with Crippen molar-refractivity contribution in [2.24, 2.45) is 0 Å². The molecule has 1 aliphatic rings. The molecule has 1 aliphatic carbocycles. The Morgan fingerprint density at radius 3 is 2.60 bits per heavy atom. The molecule has 0 fully saturated rings. The highest BCUT2D eigenvalue weighted by Crippen LogP contribution is 2.27. The summed E-state index contributed by atoms with van der Waals surface area (Å²) in [6.45, 7) is 9.23. The van der Waals surface area contributed by atoms with Crippen molar-refractivity contribution in [2.75, 3.05) is 6.61 Å². The van der Waals surface area contributed by atoms with Gasteiger partial charge in [-0.2, -0.15) is 0 Å². The Morgan fingerprint density at radius 1 is 1.30 bits per heavy atom. The molecule has 2 rings (SSSR count). The number of hydrogen-bond donors (Lipinski definition) is 0. The summed E-state index contributed by atoms with van der Waals surface area (Å²) in [5.74, 6) is 0.906. The van der Waals surface area contributed by atoms with Crippen LogP contribution in [0.4, 0.5) is 0 Å². The van der Waals surface area contributed by atoms with Crippen molar-refractivity contribution in [3.05, 3.63) is 72.0 Å². The highest BCUT2D eigenvalue weighted by molar-refractivity contribution is 5.28. The maximum absolute atomic E-state index is 6.07. The minimum Gasteiger partial charge on any atom is -0.494 e. The fraction of sp³-hybridized carbons (Fsp3) is 0.333. The van der Waals surface area contributed by atoms with Gasteiger partial charge in [0, 0.05) is 6.42 Å². The number of rotatable bonds is 6. The van der Waals surface area contributed by atoms with E-state index in [9.17, 15) is 0 Å². The Kier molecular flexibility index (Phi) is 4.80. The van der Waals surface area contributed by atoms with Gasteiger partial charge in [-0.05, 0) is 37.6 Å². The number of hydrogen-bond acceptors (Lipinski definition) is 2. The zero-order chi connectivity index (χ0) is 14.4. The SMILES string of the molecule is C=CC1(OCc2ccc(C)cc2)C=CC(OCC)=CC1. The first-order valence-electron chi connectivity index (χ1n) is 7.03. The van der Waals surface area contributed by atoms with Gasteiger partial charge in [0.1, 0.15) is 11.4 Å². The monoisotopic (exact) mass is 270 g/mol. The van der Waals surface area contributed by atoms with E-state index in [4.69, 9.17) is 9.47 Å². The summed E-state index contributed by atoms with van der Waals surface area (Å²) < 4.78 is 11.5. The van der Waals surface area contributed by atoms with Gasteiger partial charge in [-0.1, -0.05) is 42.5 Å². The van der Waals surface area contributed by atoms with E-state index >= 15 is 0 Å². The lowest BCUT2D eigenvalue weighted by Gasteiger charge is -2.29. The van der Waals surface area contributed by atoms with Crippen LogP contribution in [0.2, 0.25) is 0 Å². The largest absolute Gasteiger partial charge is 0.494 e. The summed E-state index contributed by atoms with van der Waals surface area (Å²) in [7, 11) is 0. The van der Waals surface area contributed by atoms with Gasteiger partial charge in [0.05, 0.1) is 13.2 Å². The molecule has 2 nitrogen and oxygen atoms in total. The van der Waals surface area contributed by atoms with Gasteiger partial charge in [0.25, 0.3) is 0 Å². The molecule has 0 amide bonds. The summed E-state index contributed by atoms with van der Waals surface area (Å²) in [5, 5.41) is 0. The molecule has 0 saturated heterocycles. The Labute approximate surface area is 121 Å². The van der Waals surface area contributed by atoms with E-state index < -0.39 is 5.60 Å².